The van der Waals surface area contributed by atoms with Gasteiger partial charge in [0.05, 0.1) is 17.4 Å². The molecule has 0 bridgehead atoms. The number of benzene rings is 1. The van der Waals surface area contributed by atoms with Gasteiger partial charge in [0, 0.05) is 17.3 Å². The summed E-state index contributed by atoms with van der Waals surface area (Å²) in [5.74, 6) is -0.508. The summed E-state index contributed by atoms with van der Waals surface area (Å²) in [6.45, 7) is 1.93. The molecule has 0 saturated heterocycles. The van der Waals surface area contributed by atoms with Gasteiger partial charge in [-0.05, 0) is 31.0 Å². The Morgan fingerprint density at radius 2 is 2.26 bits per heavy atom. The molecule has 4 N–H and O–H groups in total. The van der Waals surface area contributed by atoms with Crippen molar-refractivity contribution in [3.8, 4) is 5.69 Å². The summed E-state index contributed by atoms with van der Waals surface area (Å²) in [4.78, 5) is 11.0. The van der Waals surface area contributed by atoms with Crippen molar-refractivity contribution >= 4 is 17.5 Å². The molecule has 2 aromatic rings. The molecule has 2 rings (SSSR count). The van der Waals surface area contributed by atoms with Gasteiger partial charge in [0.15, 0.2) is 0 Å². The number of amides is 1. The molecule has 5 nitrogen and oxygen atoms in total. The molecule has 0 spiro atoms. The summed E-state index contributed by atoms with van der Waals surface area (Å²) in [6.07, 6.45) is 3.70. The lowest BCUT2D eigenvalue weighted by Crippen LogP contribution is -2.18. The van der Waals surface area contributed by atoms with E-state index in [4.69, 9.17) is 23.1 Å². The second-order valence-electron chi connectivity index (χ2n) is 4.49. The van der Waals surface area contributed by atoms with Gasteiger partial charge in [-0.25, -0.2) is 4.68 Å². The molecule has 0 saturated carbocycles. The molecule has 0 aliphatic rings. The molecule has 0 aliphatic carbocycles. The summed E-state index contributed by atoms with van der Waals surface area (Å²) >= 11 is 6.20. The number of nitrogens with two attached hydrogens (primary N) is 2. The van der Waals surface area contributed by atoms with E-state index in [9.17, 15) is 4.79 Å². The van der Waals surface area contributed by atoms with Crippen LogP contribution in [0.1, 0.15) is 22.8 Å². The Bertz CT molecular complexity index is 606. The minimum absolute atomic E-state index is 0.0505. The maximum absolute atomic E-state index is 11.0. The molecular weight excluding hydrogens is 264 g/mol. The van der Waals surface area contributed by atoms with E-state index in [1.54, 1.807) is 16.9 Å². The highest BCUT2D eigenvalue weighted by atomic mass is 35.5. The van der Waals surface area contributed by atoms with Crippen molar-refractivity contribution in [1.82, 2.24) is 9.78 Å². The lowest BCUT2D eigenvalue weighted by Gasteiger charge is -2.09. The summed E-state index contributed by atoms with van der Waals surface area (Å²) in [6, 6.07) is 5.62. The maximum atomic E-state index is 11.0. The number of halogens is 1. The van der Waals surface area contributed by atoms with Gasteiger partial charge in [-0.2, -0.15) is 5.10 Å². The number of carbonyl (C=O) groups excluding carboxylic acids is 1. The van der Waals surface area contributed by atoms with Crippen LogP contribution in [0.2, 0.25) is 5.02 Å². The predicted molar refractivity (Wildman–Crippen MR) is 74.4 cm³/mol. The summed E-state index contributed by atoms with van der Waals surface area (Å²) in [5.41, 5.74) is 13.0. The van der Waals surface area contributed by atoms with Crippen LogP contribution in [0.5, 0.6) is 0 Å². The fourth-order valence-electron chi connectivity index (χ4n) is 1.78. The number of hydrogen-bond acceptors (Lipinski definition) is 3. The van der Waals surface area contributed by atoms with Crippen molar-refractivity contribution in [2.75, 3.05) is 0 Å². The third kappa shape index (κ3) is 3.13. The monoisotopic (exact) mass is 278 g/mol. The summed E-state index contributed by atoms with van der Waals surface area (Å²) in [7, 11) is 0. The topological polar surface area (TPSA) is 86.9 Å². The van der Waals surface area contributed by atoms with Gasteiger partial charge in [0.2, 0.25) is 0 Å². The molecule has 1 aromatic heterocycles. The Kier molecular flexibility index (Phi) is 3.87. The van der Waals surface area contributed by atoms with Crippen LogP contribution >= 0.6 is 11.6 Å². The first-order valence-electron chi connectivity index (χ1n) is 5.86. The van der Waals surface area contributed by atoms with Crippen LogP contribution in [0.4, 0.5) is 0 Å². The molecule has 1 aromatic carbocycles. The van der Waals surface area contributed by atoms with Crippen molar-refractivity contribution in [3.05, 3.63) is 46.7 Å². The number of hydrogen-bond donors (Lipinski definition) is 2. The highest BCUT2D eigenvalue weighted by Crippen LogP contribution is 2.21. The third-order valence-corrected chi connectivity index (χ3v) is 3.06. The van der Waals surface area contributed by atoms with Gasteiger partial charge in [-0.1, -0.05) is 17.7 Å². The first kappa shape index (κ1) is 13.6. The van der Waals surface area contributed by atoms with E-state index in [1.807, 2.05) is 19.1 Å². The van der Waals surface area contributed by atoms with Gasteiger partial charge in [0.25, 0.3) is 5.91 Å². The van der Waals surface area contributed by atoms with E-state index in [2.05, 4.69) is 5.10 Å². The largest absolute Gasteiger partial charge is 0.366 e. The van der Waals surface area contributed by atoms with E-state index in [0.29, 0.717) is 17.0 Å². The quantitative estimate of drug-likeness (QED) is 0.889. The molecular formula is C13H15ClN4O. The zero-order chi connectivity index (χ0) is 14.0. The fourth-order valence-corrected chi connectivity index (χ4v) is 2.03. The smallest absolute Gasteiger partial charge is 0.251 e. The first-order chi connectivity index (χ1) is 8.97. The number of primary amides is 1. The van der Waals surface area contributed by atoms with Crippen LogP contribution in [-0.4, -0.2) is 21.7 Å². The van der Waals surface area contributed by atoms with Crippen molar-refractivity contribution in [2.24, 2.45) is 11.5 Å². The molecule has 0 fully saturated rings. The molecule has 1 amide bonds. The Morgan fingerprint density at radius 1 is 1.53 bits per heavy atom. The first-order valence-corrected chi connectivity index (χ1v) is 6.24. The SMILES string of the molecule is CC(N)Cc1ccc(-n2cc(C(N)=O)cn2)cc1Cl. The van der Waals surface area contributed by atoms with Crippen molar-refractivity contribution < 1.29 is 4.79 Å². The number of aromatic nitrogens is 2. The number of nitrogens with zero attached hydrogens (tertiary/aromatic N) is 2. The van der Waals surface area contributed by atoms with E-state index >= 15 is 0 Å². The average Bonchev–Trinajstić information content (AvgIpc) is 2.80. The standard InChI is InChI=1S/C13H15ClN4O/c1-8(15)4-9-2-3-11(5-12(9)14)18-7-10(6-17-18)13(16)19/h2-3,5-8H,4,15H2,1H3,(H2,16,19). The Morgan fingerprint density at radius 3 is 2.79 bits per heavy atom. The van der Waals surface area contributed by atoms with Crippen molar-refractivity contribution in [2.45, 2.75) is 19.4 Å². The lowest BCUT2D eigenvalue weighted by molar-refractivity contribution is 0.100. The summed E-state index contributed by atoms with van der Waals surface area (Å²) in [5, 5.41) is 4.70. The third-order valence-electron chi connectivity index (χ3n) is 2.71. The molecule has 1 unspecified atom stereocenters. The predicted octanol–water partition coefficient (Wildman–Crippen LogP) is 1.51. The van der Waals surface area contributed by atoms with Gasteiger partial charge < -0.3 is 11.5 Å². The Labute approximate surface area is 116 Å². The normalized spacial score (nSPS) is 12.4. The Balaban J connectivity index is 2.30. The van der Waals surface area contributed by atoms with Crippen LogP contribution in [0.15, 0.2) is 30.6 Å². The average molecular weight is 279 g/mol. The van der Waals surface area contributed by atoms with Gasteiger partial charge in [0.1, 0.15) is 0 Å². The van der Waals surface area contributed by atoms with Gasteiger partial charge >= 0.3 is 0 Å². The molecule has 100 valence electrons. The highest BCUT2D eigenvalue weighted by Gasteiger charge is 2.08. The zero-order valence-corrected chi connectivity index (χ0v) is 11.3. The minimum atomic E-state index is -0.508. The van der Waals surface area contributed by atoms with Crippen molar-refractivity contribution in [3.63, 3.8) is 0 Å². The molecule has 1 atom stereocenters. The Hall–Kier alpha value is -1.85. The van der Waals surface area contributed by atoms with E-state index in [0.717, 1.165) is 11.3 Å². The molecule has 19 heavy (non-hydrogen) atoms. The van der Waals surface area contributed by atoms with E-state index < -0.39 is 5.91 Å². The van der Waals surface area contributed by atoms with E-state index in [-0.39, 0.29) is 6.04 Å². The van der Waals surface area contributed by atoms with Crippen LogP contribution in [0, 0.1) is 0 Å². The zero-order valence-electron chi connectivity index (χ0n) is 10.5. The van der Waals surface area contributed by atoms with Crippen LogP contribution in [-0.2, 0) is 6.42 Å². The fraction of sp³-hybridized carbons (Fsp3) is 0.231. The van der Waals surface area contributed by atoms with E-state index in [1.165, 1.54) is 6.20 Å². The minimum Gasteiger partial charge on any atom is -0.366 e. The lowest BCUT2D eigenvalue weighted by atomic mass is 10.1. The maximum Gasteiger partial charge on any atom is 0.251 e. The second-order valence-corrected chi connectivity index (χ2v) is 4.90. The summed E-state index contributed by atoms with van der Waals surface area (Å²) < 4.78 is 1.56. The number of carbonyl (C=O) groups is 1. The molecule has 1 heterocycles. The van der Waals surface area contributed by atoms with Gasteiger partial charge in [-0.15, -0.1) is 0 Å². The van der Waals surface area contributed by atoms with Crippen LogP contribution < -0.4 is 11.5 Å². The second kappa shape index (κ2) is 5.42. The molecule has 0 aliphatic heterocycles. The molecule has 6 heteroatoms. The van der Waals surface area contributed by atoms with Gasteiger partial charge in [-0.3, -0.25) is 4.79 Å². The van der Waals surface area contributed by atoms with Crippen LogP contribution in [0.3, 0.4) is 0 Å². The molecule has 0 radical (unpaired) electrons. The van der Waals surface area contributed by atoms with Crippen molar-refractivity contribution in [1.29, 1.82) is 0 Å². The highest BCUT2D eigenvalue weighted by molar-refractivity contribution is 6.31. The van der Waals surface area contributed by atoms with Crippen LogP contribution in [0.25, 0.3) is 5.69 Å². The number of rotatable bonds is 4.